The van der Waals surface area contributed by atoms with Gasteiger partial charge in [0.25, 0.3) is 0 Å². The Balaban J connectivity index is 1.33. The van der Waals surface area contributed by atoms with Crippen LogP contribution in [0.5, 0.6) is 0 Å². The number of rotatable bonds is 8. The summed E-state index contributed by atoms with van der Waals surface area (Å²) in [6, 6.07) is 20.2. The number of ether oxygens (including phenoxy) is 2. The van der Waals surface area contributed by atoms with Crippen LogP contribution in [0, 0.1) is 0 Å². The smallest absolute Gasteiger partial charge is 0.325 e. The Morgan fingerprint density at radius 3 is 2.21 bits per heavy atom. The number of pyridine rings is 1. The Morgan fingerprint density at radius 1 is 0.912 bits per heavy atom. The number of carbonyl (C=O) groups excluding carboxylic acids is 2. The van der Waals surface area contributed by atoms with E-state index >= 15 is 0 Å². The summed E-state index contributed by atoms with van der Waals surface area (Å²) in [5.74, 6) is -0.0281. The van der Waals surface area contributed by atoms with Crippen molar-refractivity contribution in [3.05, 3.63) is 83.6 Å². The van der Waals surface area contributed by atoms with Crippen LogP contribution in [0.4, 0.5) is 5.82 Å². The number of esters is 2. The molecule has 176 valence electrons. The molecule has 4 rings (SSSR count). The normalized spacial score (nSPS) is 12.6. The van der Waals surface area contributed by atoms with Crippen molar-refractivity contribution in [2.75, 3.05) is 18.5 Å². The molecule has 0 spiro atoms. The highest BCUT2D eigenvalue weighted by molar-refractivity contribution is 5.79. The van der Waals surface area contributed by atoms with Gasteiger partial charge >= 0.3 is 11.9 Å². The van der Waals surface area contributed by atoms with Gasteiger partial charge in [-0.3, -0.25) is 9.59 Å². The minimum atomic E-state index is -0.517. The van der Waals surface area contributed by atoms with Crippen molar-refractivity contribution >= 4 is 17.8 Å². The molecule has 6 heteroatoms. The van der Waals surface area contributed by atoms with E-state index in [0.29, 0.717) is 12.2 Å². The highest BCUT2D eigenvalue weighted by atomic mass is 16.6. The standard InChI is InChI=1S/C28H30N2O4/c1-28(2,3)34-25(31)15-14-19-9-8-16-29-27(19)30-17-26(32)33-18-24-22-12-6-4-10-20(22)21-11-5-7-13-23(21)24/h4-13,16,24H,14-15,17-18H2,1-3H3,(H,29,30). The molecule has 0 aliphatic heterocycles. The van der Waals surface area contributed by atoms with Gasteiger partial charge in [-0.1, -0.05) is 54.6 Å². The molecule has 1 aliphatic carbocycles. The Hall–Kier alpha value is -3.67. The third-order valence-corrected chi connectivity index (χ3v) is 5.68. The Kier molecular flexibility index (Phi) is 6.96. The zero-order chi connectivity index (χ0) is 24.1. The van der Waals surface area contributed by atoms with Crippen molar-refractivity contribution < 1.29 is 19.1 Å². The molecular formula is C28H30N2O4. The van der Waals surface area contributed by atoms with Crippen LogP contribution in [0.3, 0.4) is 0 Å². The summed E-state index contributed by atoms with van der Waals surface area (Å²) in [5, 5.41) is 3.06. The number of aromatic nitrogens is 1. The molecule has 0 unspecified atom stereocenters. The van der Waals surface area contributed by atoms with Gasteiger partial charge in [-0.15, -0.1) is 0 Å². The Labute approximate surface area is 200 Å². The molecule has 2 aromatic carbocycles. The third kappa shape index (κ3) is 5.63. The van der Waals surface area contributed by atoms with E-state index in [2.05, 4.69) is 34.6 Å². The van der Waals surface area contributed by atoms with E-state index in [1.807, 2.05) is 57.2 Å². The first-order valence-electron chi connectivity index (χ1n) is 11.6. The van der Waals surface area contributed by atoms with Crippen LogP contribution in [0.25, 0.3) is 11.1 Å². The first-order valence-corrected chi connectivity index (χ1v) is 11.6. The second-order valence-electron chi connectivity index (χ2n) is 9.36. The van der Waals surface area contributed by atoms with Gasteiger partial charge in [-0.05, 0) is 61.1 Å². The maximum Gasteiger partial charge on any atom is 0.325 e. The number of carbonyl (C=O) groups is 2. The first kappa shape index (κ1) is 23.5. The lowest BCUT2D eigenvalue weighted by Crippen LogP contribution is -2.24. The third-order valence-electron chi connectivity index (χ3n) is 5.68. The second-order valence-corrected chi connectivity index (χ2v) is 9.36. The fourth-order valence-corrected chi connectivity index (χ4v) is 4.25. The van der Waals surface area contributed by atoms with Crippen molar-refractivity contribution in [1.82, 2.24) is 4.98 Å². The molecule has 0 amide bonds. The number of benzene rings is 2. The molecule has 0 bridgehead atoms. The fraction of sp³-hybridized carbons (Fsp3) is 0.321. The maximum atomic E-state index is 12.5. The number of nitrogens with one attached hydrogen (secondary N) is 1. The van der Waals surface area contributed by atoms with Crippen LogP contribution in [0.2, 0.25) is 0 Å². The maximum absolute atomic E-state index is 12.5. The predicted octanol–water partition coefficient (Wildman–Crippen LogP) is 5.12. The predicted molar refractivity (Wildman–Crippen MR) is 132 cm³/mol. The molecule has 1 aliphatic rings. The van der Waals surface area contributed by atoms with Gasteiger partial charge in [-0.25, -0.2) is 4.98 Å². The van der Waals surface area contributed by atoms with Crippen LogP contribution in [-0.2, 0) is 25.5 Å². The molecule has 0 atom stereocenters. The first-order chi connectivity index (χ1) is 16.3. The van der Waals surface area contributed by atoms with Crippen molar-refractivity contribution in [2.24, 2.45) is 0 Å². The van der Waals surface area contributed by atoms with Gasteiger partial charge in [0, 0.05) is 18.5 Å². The van der Waals surface area contributed by atoms with Gasteiger partial charge in [0.1, 0.15) is 24.6 Å². The monoisotopic (exact) mass is 458 g/mol. The lowest BCUT2D eigenvalue weighted by molar-refractivity contribution is -0.154. The number of hydrogen-bond acceptors (Lipinski definition) is 6. The van der Waals surface area contributed by atoms with Crippen LogP contribution < -0.4 is 5.32 Å². The van der Waals surface area contributed by atoms with E-state index in [4.69, 9.17) is 9.47 Å². The summed E-state index contributed by atoms with van der Waals surface area (Å²) >= 11 is 0. The van der Waals surface area contributed by atoms with E-state index in [9.17, 15) is 9.59 Å². The summed E-state index contributed by atoms with van der Waals surface area (Å²) in [4.78, 5) is 28.9. The quantitative estimate of drug-likeness (QED) is 0.472. The van der Waals surface area contributed by atoms with Gasteiger partial charge in [0.2, 0.25) is 0 Å². The van der Waals surface area contributed by atoms with Gasteiger partial charge in [0.05, 0.1) is 0 Å². The summed E-state index contributed by atoms with van der Waals surface area (Å²) in [6.45, 7) is 5.80. The van der Waals surface area contributed by atoms with Crippen LogP contribution in [-0.4, -0.2) is 35.7 Å². The van der Waals surface area contributed by atoms with Crippen molar-refractivity contribution in [3.8, 4) is 11.1 Å². The van der Waals surface area contributed by atoms with Crippen LogP contribution >= 0.6 is 0 Å². The summed E-state index contributed by atoms with van der Waals surface area (Å²) in [6.07, 6.45) is 2.36. The minimum absolute atomic E-state index is 0.00748. The van der Waals surface area contributed by atoms with Gasteiger partial charge in [-0.2, -0.15) is 0 Å². The zero-order valence-electron chi connectivity index (χ0n) is 19.8. The highest BCUT2D eigenvalue weighted by Gasteiger charge is 2.29. The van der Waals surface area contributed by atoms with Crippen molar-refractivity contribution in [2.45, 2.75) is 45.1 Å². The lowest BCUT2D eigenvalue weighted by Gasteiger charge is -2.19. The Morgan fingerprint density at radius 2 is 1.56 bits per heavy atom. The van der Waals surface area contributed by atoms with Crippen LogP contribution in [0.1, 0.15) is 49.8 Å². The van der Waals surface area contributed by atoms with E-state index < -0.39 is 5.60 Å². The molecule has 1 aromatic heterocycles. The molecule has 6 nitrogen and oxygen atoms in total. The lowest BCUT2D eigenvalue weighted by atomic mass is 9.98. The average Bonchev–Trinajstić information content (AvgIpc) is 3.13. The minimum Gasteiger partial charge on any atom is -0.463 e. The summed E-state index contributed by atoms with van der Waals surface area (Å²) < 4.78 is 11.0. The molecule has 1 N–H and O–H groups in total. The SMILES string of the molecule is CC(C)(C)OC(=O)CCc1cccnc1NCC(=O)OCC1c2ccccc2-c2ccccc21. The summed E-state index contributed by atoms with van der Waals surface area (Å²) in [5.41, 5.74) is 5.08. The number of anilines is 1. The Bertz CT molecular complexity index is 1140. The second kappa shape index (κ2) is 10.1. The molecule has 1 heterocycles. The average molecular weight is 459 g/mol. The zero-order valence-corrected chi connectivity index (χ0v) is 19.8. The van der Waals surface area contributed by atoms with E-state index in [0.717, 1.165) is 5.56 Å². The summed E-state index contributed by atoms with van der Waals surface area (Å²) in [7, 11) is 0. The highest BCUT2D eigenvalue weighted by Crippen LogP contribution is 2.44. The van der Waals surface area contributed by atoms with Crippen molar-refractivity contribution in [3.63, 3.8) is 0 Å². The molecule has 34 heavy (non-hydrogen) atoms. The molecular weight excluding hydrogens is 428 g/mol. The van der Waals surface area contributed by atoms with Crippen LogP contribution in [0.15, 0.2) is 66.9 Å². The van der Waals surface area contributed by atoms with E-state index in [1.54, 1.807) is 6.20 Å². The molecule has 0 fully saturated rings. The number of fused-ring (bicyclic) bond motifs is 3. The van der Waals surface area contributed by atoms with E-state index in [1.165, 1.54) is 22.3 Å². The molecule has 0 saturated carbocycles. The number of aryl methyl sites for hydroxylation is 1. The molecule has 3 aromatic rings. The number of hydrogen-bond donors (Lipinski definition) is 1. The van der Waals surface area contributed by atoms with Gasteiger partial charge < -0.3 is 14.8 Å². The van der Waals surface area contributed by atoms with Gasteiger partial charge in [0.15, 0.2) is 0 Å². The largest absolute Gasteiger partial charge is 0.463 e. The molecule has 0 saturated heterocycles. The molecule has 0 radical (unpaired) electrons. The van der Waals surface area contributed by atoms with Crippen molar-refractivity contribution in [1.29, 1.82) is 0 Å². The topological polar surface area (TPSA) is 77.5 Å². The van der Waals surface area contributed by atoms with E-state index in [-0.39, 0.29) is 37.4 Å². The number of nitrogens with zero attached hydrogens (tertiary/aromatic N) is 1. The fourth-order valence-electron chi connectivity index (χ4n) is 4.25.